The van der Waals surface area contributed by atoms with E-state index in [0.717, 1.165) is 12.5 Å². The first kappa shape index (κ1) is 18.4. The predicted molar refractivity (Wildman–Crippen MR) is 82.7 cm³/mol. The topological polar surface area (TPSA) is 29.5 Å². The van der Waals surface area contributed by atoms with E-state index in [9.17, 15) is 13.6 Å². The Morgan fingerprint density at radius 1 is 1.32 bits per heavy atom. The fourth-order valence-electron chi connectivity index (χ4n) is 2.14. The first-order valence-corrected chi connectivity index (χ1v) is 7.50. The summed E-state index contributed by atoms with van der Waals surface area (Å²) in [7, 11) is 1.66. The van der Waals surface area contributed by atoms with Crippen LogP contribution in [0.3, 0.4) is 0 Å². The lowest BCUT2D eigenvalue weighted by molar-refractivity contribution is 0.0271. The van der Waals surface area contributed by atoms with Crippen molar-refractivity contribution in [1.82, 2.24) is 4.90 Å². The van der Waals surface area contributed by atoms with Crippen LogP contribution < -0.4 is 0 Å². The quantitative estimate of drug-likeness (QED) is 0.806. The van der Waals surface area contributed by atoms with Crippen LogP contribution in [0.2, 0.25) is 0 Å². The van der Waals surface area contributed by atoms with Gasteiger partial charge in [0.15, 0.2) is 0 Å². The number of hydrogen-bond acceptors (Lipinski definition) is 2. The van der Waals surface area contributed by atoms with Gasteiger partial charge in [0, 0.05) is 19.7 Å². The minimum Gasteiger partial charge on any atom is -0.444 e. The number of hydrogen-bond donors (Lipinski definition) is 0. The summed E-state index contributed by atoms with van der Waals surface area (Å²) in [6.07, 6.45) is 0.838. The molecule has 0 bridgehead atoms. The summed E-state index contributed by atoms with van der Waals surface area (Å²) in [5.74, 6) is -1.05. The van der Waals surface area contributed by atoms with Gasteiger partial charge in [0.25, 0.3) is 0 Å². The number of rotatable bonds is 5. The highest BCUT2D eigenvalue weighted by Gasteiger charge is 2.22. The van der Waals surface area contributed by atoms with Crippen molar-refractivity contribution in [2.45, 2.75) is 46.1 Å². The number of carbonyl (C=O) groups excluding carboxylic acids is 1. The van der Waals surface area contributed by atoms with Crippen LogP contribution in [-0.2, 0) is 11.2 Å². The molecule has 0 heterocycles. The molecule has 1 amide bonds. The standard InChI is InChI=1S/C17H25F2NO2/c1-6-12(9-13-7-8-14(18)10-15(13)19)11-20(5)16(21)22-17(2,3)4/h7-8,10,12H,6,9,11H2,1-5H3. The number of ether oxygens (including phenoxy) is 1. The fourth-order valence-corrected chi connectivity index (χ4v) is 2.14. The molecule has 0 aliphatic carbocycles. The van der Waals surface area contributed by atoms with Crippen molar-refractivity contribution in [3.63, 3.8) is 0 Å². The molecule has 0 aliphatic heterocycles. The Morgan fingerprint density at radius 3 is 2.45 bits per heavy atom. The van der Waals surface area contributed by atoms with E-state index < -0.39 is 23.3 Å². The van der Waals surface area contributed by atoms with Gasteiger partial charge >= 0.3 is 6.09 Å². The van der Waals surface area contributed by atoms with E-state index in [0.29, 0.717) is 18.5 Å². The maximum atomic E-state index is 13.7. The molecule has 0 saturated heterocycles. The second-order valence-corrected chi connectivity index (χ2v) is 6.57. The largest absolute Gasteiger partial charge is 0.444 e. The van der Waals surface area contributed by atoms with E-state index >= 15 is 0 Å². The molecule has 5 heteroatoms. The van der Waals surface area contributed by atoms with Crippen LogP contribution in [0, 0.1) is 17.6 Å². The van der Waals surface area contributed by atoms with Crippen molar-refractivity contribution in [2.24, 2.45) is 5.92 Å². The van der Waals surface area contributed by atoms with Gasteiger partial charge < -0.3 is 9.64 Å². The SMILES string of the molecule is CCC(Cc1ccc(F)cc1F)CN(C)C(=O)OC(C)(C)C. The maximum Gasteiger partial charge on any atom is 0.410 e. The number of halogens is 2. The third-order valence-electron chi connectivity index (χ3n) is 3.34. The molecule has 124 valence electrons. The van der Waals surface area contributed by atoms with Crippen molar-refractivity contribution in [2.75, 3.05) is 13.6 Å². The minimum atomic E-state index is -0.583. The number of carbonyl (C=O) groups is 1. The summed E-state index contributed by atoms with van der Waals surface area (Å²) in [6, 6.07) is 3.60. The van der Waals surface area contributed by atoms with Crippen LogP contribution in [0.4, 0.5) is 13.6 Å². The normalized spacial score (nSPS) is 12.9. The highest BCUT2D eigenvalue weighted by atomic mass is 19.1. The molecule has 0 spiro atoms. The summed E-state index contributed by atoms with van der Waals surface area (Å²) in [5.41, 5.74) is -0.0818. The van der Waals surface area contributed by atoms with Crippen molar-refractivity contribution in [1.29, 1.82) is 0 Å². The third-order valence-corrected chi connectivity index (χ3v) is 3.34. The van der Waals surface area contributed by atoms with E-state index in [-0.39, 0.29) is 5.92 Å². The second kappa shape index (κ2) is 7.56. The smallest absolute Gasteiger partial charge is 0.410 e. The first-order valence-electron chi connectivity index (χ1n) is 7.50. The average molecular weight is 313 g/mol. The monoisotopic (exact) mass is 313 g/mol. The van der Waals surface area contributed by atoms with Crippen molar-refractivity contribution < 1.29 is 18.3 Å². The van der Waals surface area contributed by atoms with Crippen molar-refractivity contribution in [3.05, 3.63) is 35.4 Å². The molecule has 0 aromatic heterocycles. The molecule has 1 atom stereocenters. The molecule has 1 rings (SSSR count). The molecule has 1 aromatic rings. The van der Waals surface area contributed by atoms with E-state index in [1.54, 1.807) is 7.05 Å². The van der Waals surface area contributed by atoms with Crippen LogP contribution in [0.5, 0.6) is 0 Å². The Balaban J connectivity index is 2.66. The molecule has 0 radical (unpaired) electrons. The fraction of sp³-hybridized carbons (Fsp3) is 0.588. The average Bonchev–Trinajstić information content (AvgIpc) is 2.38. The lowest BCUT2D eigenvalue weighted by Gasteiger charge is -2.27. The maximum absolute atomic E-state index is 13.7. The van der Waals surface area contributed by atoms with E-state index in [4.69, 9.17) is 4.74 Å². The number of amides is 1. The zero-order chi connectivity index (χ0) is 16.9. The number of nitrogens with zero attached hydrogens (tertiary/aromatic N) is 1. The molecule has 1 aromatic carbocycles. The molecule has 3 nitrogen and oxygen atoms in total. The molecule has 0 aliphatic rings. The van der Waals surface area contributed by atoms with Crippen molar-refractivity contribution in [3.8, 4) is 0 Å². The van der Waals surface area contributed by atoms with Gasteiger partial charge in [0.05, 0.1) is 0 Å². The molecule has 0 fully saturated rings. The lowest BCUT2D eigenvalue weighted by Crippen LogP contribution is -2.37. The molecular formula is C17H25F2NO2. The van der Waals surface area contributed by atoms with Gasteiger partial charge in [0.1, 0.15) is 17.2 Å². The summed E-state index contributed by atoms with van der Waals surface area (Å²) in [4.78, 5) is 13.5. The van der Waals surface area contributed by atoms with Crippen LogP contribution in [0.25, 0.3) is 0 Å². The highest BCUT2D eigenvalue weighted by molar-refractivity contribution is 5.67. The Labute approximate surface area is 131 Å². The second-order valence-electron chi connectivity index (χ2n) is 6.57. The van der Waals surface area contributed by atoms with Crippen LogP contribution in [0.15, 0.2) is 18.2 Å². The molecule has 22 heavy (non-hydrogen) atoms. The Bertz CT molecular complexity index is 512. The van der Waals surface area contributed by atoms with Crippen molar-refractivity contribution >= 4 is 6.09 Å². The summed E-state index contributed by atoms with van der Waals surface area (Å²) in [5, 5.41) is 0. The van der Waals surface area contributed by atoms with Crippen LogP contribution >= 0.6 is 0 Å². The molecule has 1 unspecified atom stereocenters. The Hall–Kier alpha value is -1.65. The zero-order valence-electron chi connectivity index (χ0n) is 14.0. The third kappa shape index (κ3) is 6.00. The van der Waals surface area contributed by atoms with E-state index in [1.165, 1.54) is 17.0 Å². The van der Waals surface area contributed by atoms with E-state index in [1.807, 2.05) is 27.7 Å². The summed E-state index contributed by atoms with van der Waals surface area (Å²) in [6.45, 7) is 7.87. The van der Waals surface area contributed by atoms with E-state index in [2.05, 4.69) is 0 Å². The van der Waals surface area contributed by atoms with Crippen LogP contribution in [0.1, 0.15) is 39.7 Å². The Morgan fingerprint density at radius 2 is 1.95 bits per heavy atom. The Kier molecular flexibility index (Phi) is 6.33. The highest BCUT2D eigenvalue weighted by Crippen LogP contribution is 2.18. The van der Waals surface area contributed by atoms with Gasteiger partial charge in [-0.1, -0.05) is 19.4 Å². The van der Waals surface area contributed by atoms with Crippen LogP contribution in [-0.4, -0.2) is 30.2 Å². The first-order chi connectivity index (χ1) is 10.1. The van der Waals surface area contributed by atoms with Gasteiger partial charge in [-0.2, -0.15) is 0 Å². The van der Waals surface area contributed by atoms with Gasteiger partial charge in [0.2, 0.25) is 0 Å². The van der Waals surface area contributed by atoms with Gasteiger partial charge in [-0.25, -0.2) is 13.6 Å². The lowest BCUT2D eigenvalue weighted by atomic mass is 9.96. The number of benzene rings is 1. The molecule has 0 N–H and O–H groups in total. The predicted octanol–water partition coefficient (Wildman–Crippen LogP) is 4.40. The zero-order valence-corrected chi connectivity index (χ0v) is 14.0. The summed E-state index contributed by atoms with van der Waals surface area (Å²) >= 11 is 0. The van der Waals surface area contributed by atoms with Gasteiger partial charge in [-0.3, -0.25) is 0 Å². The minimum absolute atomic E-state index is 0.0810. The summed E-state index contributed by atoms with van der Waals surface area (Å²) < 4.78 is 31.9. The molecular weight excluding hydrogens is 288 g/mol. The van der Waals surface area contributed by atoms with Gasteiger partial charge in [-0.15, -0.1) is 0 Å². The van der Waals surface area contributed by atoms with Gasteiger partial charge in [-0.05, 0) is 44.7 Å². The molecule has 0 saturated carbocycles.